The van der Waals surface area contributed by atoms with E-state index in [-0.39, 0.29) is 5.56 Å². The second-order valence-corrected chi connectivity index (χ2v) is 9.73. The molecule has 3 rings (SSSR count). The number of carboxylic acid groups (broad SMARTS) is 2. The molecule has 2 aliphatic rings. The number of β-lactam (4-membered cyclic amide) rings is 1. The third kappa shape index (κ3) is 3.36. The first-order chi connectivity index (χ1) is 14.3. The number of phenols is 2. The Morgan fingerprint density at radius 1 is 1.19 bits per heavy atom. The van der Waals surface area contributed by atoms with Crippen LogP contribution >= 0.6 is 0 Å². The van der Waals surface area contributed by atoms with Gasteiger partial charge in [-0.3, -0.25) is 9.59 Å². The summed E-state index contributed by atoms with van der Waals surface area (Å²) in [5, 5.41) is 35.4. The van der Waals surface area contributed by atoms with E-state index >= 15 is 0 Å². The summed E-state index contributed by atoms with van der Waals surface area (Å²) in [4.78, 5) is 47.6. The lowest BCUT2D eigenvalue weighted by atomic mass is 9.94. The predicted octanol–water partition coefficient (Wildman–Crippen LogP) is -0.997. The normalized spacial score (nSPS) is 27.5. The maximum Gasteiger partial charge on any atom is 0.328 e. The Hall–Kier alpha value is -3.61. The Labute approximate surface area is 174 Å². The fraction of sp³-hybridized carbons (Fsp3) is 0.333. The van der Waals surface area contributed by atoms with E-state index in [1.54, 1.807) is 0 Å². The van der Waals surface area contributed by atoms with Crippen molar-refractivity contribution in [3.63, 3.8) is 0 Å². The van der Waals surface area contributed by atoms with E-state index < -0.39 is 79.9 Å². The Morgan fingerprint density at radius 3 is 2.39 bits per heavy atom. The van der Waals surface area contributed by atoms with Gasteiger partial charge in [-0.05, 0) is 24.6 Å². The number of aromatic hydroxyl groups is 2. The molecule has 0 aliphatic carbocycles. The lowest BCUT2D eigenvalue weighted by Crippen LogP contribution is -2.59. The average molecular weight is 455 g/mol. The van der Waals surface area contributed by atoms with Gasteiger partial charge < -0.3 is 30.1 Å². The predicted molar refractivity (Wildman–Crippen MR) is 99.5 cm³/mol. The highest BCUT2D eigenvalue weighted by atomic mass is 32.2. The maximum absolute atomic E-state index is 13.0. The van der Waals surface area contributed by atoms with Crippen LogP contribution in [0.15, 0.2) is 29.8 Å². The monoisotopic (exact) mass is 455 g/mol. The van der Waals surface area contributed by atoms with Crippen molar-refractivity contribution in [3.8, 4) is 11.5 Å². The topological polar surface area (TPSA) is 196 Å². The number of carbonyl (C=O) groups is 4. The number of benzene rings is 1. The standard InChI is InChI=1S/C18H17NO11S/c1-18(7-30-13(24)5-8-2-3-10(20)11(21)4-8)14(17(26)27)19-15(25)9(6-12(22)23)16(19)31(18,28)29/h2-4,6,14,16,20-21H,5,7H2,1H3,(H,22,23)(H,26,27)/b9-6+/t14-,16+,18-/m0/s1. The van der Waals surface area contributed by atoms with E-state index in [1.165, 1.54) is 6.07 Å². The molecule has 2 heterocycles. The Balaban J connectivity index is 1.85. The van der Waals surface area contributed by atoms with Crippen LogP contribution in [0.4, 0.5) is 0 Å². The summed E-state index contributed by atoms with van der Waals surface area (Å²) in [6.45, 7) is 0.0978. The molecule has 3 atom stereocenters. The minimum Gasteiger partial charge on any atom is -0.504 e. The number of amides is 1. The molecule has 2 fully saturated rings. The number of phenolic OH excluding ortho intramolecular Hbond substituents is 2. The zero-order valence-electron chi connectivity index (χ0n) is 15.9. The molecule has 0 aromatic heterocycles. The quantitative estimate of drug-likeness (QED) is 0.178. The first kappa shape index (κ1) is 22.1. The van der Waals surface area contributed by atoms with Crippen molar-refractivity contribution in [2.75, 3.05) is 6.61 Å². The van der Waals surface area contributed by atoms with Gasteiger partial charge in [0.15, 0.2) is 32.8 Å². The van der Waals surface area contributed by atoms with Crippen molar-refractivity contribution in [2.24, 2.45) is 0 Å². The summed E-state index contributed by atoms with van der Waals surface area (Å²) in [5.74, 6) is -6.11. The minimum absolute atomic E-state index is 0.236. The van der Waals surface area contributed by atoms with Gasteiger partial charge in [0.25, 0.3) is 5.91 Å². The van der Waals surface area contributed by atoms with Crippen molar-refractivity contribution in [1.29, 1.82) is 0 Å². The van der Waals surface area contributed by atoms with Gasteiger partial charge in [-0.15, -0.1) is 0 Å². The number of hydrogen-bond acceptors (Lipinski definition) is 9. The van der Waals surface area contributed by atoms with E-state index in [9.17, 15) is 42.9 Å². The molecule has 0 bridgehead atoms. The van der Waals surface area contributed by atoms with Gasteiger partial charge >= 0.3 is 17.9 Å². The molecule has 0 spiro atoms. The average Bonchev–Trinajstić information content (AvgIpc) is 2.83. The van der Waals surface area contributed by atoms with Crippen molar-refractivity contribution in [2.45, 2.75) is 29.5 Å². The van der Waals surface area contributed by atoms with Gasteiger partial charge in [0.2, 0.25) is 0 Å². The SMILES string of the molecule is C[C@]1(COC(=O)Cc2ccc(O)c(O)c2)[C@H](C(=O)O)N2C(=O)/C(=C\C(=O)O)[C@H]2S1(=O)=O. The zero-order chi connectivity index (χ0) is 23.3. The highest BCUT2D eigenvalue weighted by Crippen LogP contribution is 2.48. The Morgan fingerprint density at radius 2 is 1.84 bits per heavy atom. The molecule has 1 amide bonds. The minimum atomic E-state index is -4.49. The van der Waals surface area contributed by atoms with Gasteiger partial charge in [0, 0.05) is 6.08 Å². The third-order valence-corrected chi connectivity index (χ3v) is 7.93. The fourth-order valence-corrected chi connectivity index (χ4v) is 5.93. The number of rotatable bonds is 6. The molecule has 1 aromatic carbocycles. The largest absolute Gasteiger partial charge is 0.504 e. The van der Waals surface area contributed by atoms with Crippen LogP contribution in [0.1, 0.15) is 12.5 Å². The summed E-state index contributed by atoms with van der Waals surface area (Å²) in [6.07, 6.45) is -0.00699. The van der Waals surface area contributed by atoms with E-state index in [0.717, 1.165) is 19.1 Å². The van der Waals surface area contributed by atoms with E-state index in [2.05, 4.69) is 0 Å². The molecular weight excluding hydrogens is 438 g/mol. The van der Waals surface area contributed by atoms with Crippen LogP contribution in [0.25, 0.3) is 0 Å². The highest BCUT2D eigenvalue weighted by molar-refractivity contribution is 7.94. The van der Waals surface area contributed by atoms with Gasteiger partial charge in [-0.1, -0.05) is 6.07 Å². The molecule has 0 radical (unpaired) electrons. The molecule has 0 saturated carbocycles. The number of esters is 1. The molecule has 31 heavy (non-hydrogen) atoms. The summed E-state index contributed by atoms with van der Waals surface area (Å²) < 4.78 is 28.8. The van der Waals surface area contributed by atoms with Crippen molar-refractivity contribution in [3.05, 3.63) is 35.4 Å². The lowest BCUT2D eigenvalue weighted by Gasteiger charge is -2.37. The van der Waals surface area contributed by atoms with Crippen LogP contribution in [0, 0.1) is 0 Å². The molecule has 2 aliphatic heterocycles. The summed E-state index contributed by atoms with van der Waals surface area (Å²) in [5.41, 5.74) is -0.339. The third-order valence-electron chi connectivity index (χ3n) is 5.22. The maximum atomic E-state index is 13.0. The fourth-order valence-electron chi connectivity index (χ4n) is 3.65. The van der Waals surface area contributed by atoms with Crippen LogP contribution in [0.2, 0.25) is 0 Å². The van der Waals surface area contributed by atoms with Crippen molar-refractivity contribution < 1.29 is 52.8 Å². The number of nitrogens with zero attached hydrogens (tertiary/aromatic N) is 1. The van der Waals surface area contributed by atoms with Crippen LogP contribution < -0.4 is 0 Å². The number of sulfone groups is 1. The van der Waals surface area contributed by atoms with Crippen LogP contribution in [0.3, 0.4) is 0 Å². The van der Waals surface area contributed by atoms with Crippen LogP contribution in [-0.4, -0.2) is 80.3 Å². The first-order valence-corrected chi connectivity index (χ1v) is 10.3. The number of fused-ring (bicyclic) bond motifs is 1. The number of carboxylic acids is 2. The van der Waals surface area contributed by atoms with Gasteiger partial charge in [-0.25, -0.2) is 18.0 Å². The molecule has 4 N–H and O–H groups in total. The summed E-state index contributed by atoms with van der Waals surface area (Å²) in [7, 11) is -4.49. The smallest absolute Gasteiger partial charge is 0.328 e. The Kier molecular flexibility index (Phi) is 5.18. The van der Waals surface area contributed by atoms with E-state index in [0.29, 0.717) is 11.0 Å². The van der Waals surface area contributed by atoms with E-state index in [1.807, 2.05) is 0 Å². The molecule has 0 unspecified atom stereocenters. The second-order valence-electron chi connectivity index (χ2n) is 7.26. The van der Waals surface area contributed by atoms with Gasteiger partial charge in [0.1, 0.15) is 11.4 Å². The number of carbonyl (C=O) groups excluding carboxylic acids is 2. The molecule has 12 nitrogen and oxygen atoms in total. The van der Waals surface area contributed by atoms with Gasteiger partial charge in [-0.2, -0.15) is 0 Å². The molecule has 2 saturated heterocycles. The molecular formula is C18H17NO11S. The summed E-state index contributed by atoms with van der Waals surface area (Å²) in [6, 6.07) is 1.65. The lowest BCUT2D eigenvalue weighted by molar-refractivity contribution is -0.155. The number of ether oxygens (including phenoxy) is 1. The highest BCUT2D eigenvalue weighted by Gasteiger charge is 2.72. The number of aliphatic carboxylic acids is 2. The summed E-state index contributed by atoms with van der Waals surface area (Å²) >= 11 is 0. The van der Waals surface area contributed by atoms with Crippen molar-refractivity contribution >= 4 is 33.7 Å². The van der Waals surface area contributed by atoms with E-state index in [4.69, 9.17) is 9.84 Å². The van der Waals surface area contributed by atoms with Crippen LogP contribution in [-0.2, 0) is 40.2 Å². The number of hydrogen-bond donors (Lipinski definition) is 4. The van der Waals surface area contributed by atoms with Gasteiger partial charge in [0.05, 0.1) is 12.0 Å². The molecule has 13 heteroatoms. The molecule has 166 valence electrons. The van der Waals surface area contributed by atoms with Crippen LogP contribution in [0.5, 0.6) is 11.5 Å². The Bertz CT molecular complexity index is 1140. The van der Waals surface area contributed by atoms with Crippen molar-refractivity contribution in [1.82, 2.24) is 4.90 Å². The zero-order valence-corrected chi connectivity index (χ0v) is 16.7. The first-order valence-electron chi connectivity index (χ1n) is 8.71. The molecule has 1 aromatic rings. The second kappa shape index (κ2) is 7.27.